The molecule has 0 N–H and O–H groups in total. The average molecular weight is 316 g/mol. The summed E-state index contributed by atoms with van der Waals surface area (Å²) in [5.41, 5.74) is 0.270. The molecule has 1 atom stereocenters. The third-order valence-electron chi connectivity index (χ3n) is 3.61. The molecule has 0 aliphatic heterocycles. The van der Waals surface area contributed by atoms with E-state index < -0.39 is 18.7 Å². The molecule has 0 amide bonds. The summed E-state index contributed by atoms with van der Waals surface area (Å²) >= 11 is 0. The molecule has 0 aliphatic carbocycles. The van der Waals surface area contributed by atoms with Crippen molar-refractivity contribution >= 4 is 6.29 Å². The maximum atomic E-state index is 13.0. The average Bonchev–Trinajstić information content (AvgIpc) is 2.49. The molecule has 0 spiro atoms. The molecule has 0 fully saturated rings. The van der Waals surface area contributed by atoms with Crippen molar-refractivity contribution in [3.8, 4) is 5.75 Å². The van der Waals surface area contributed by atoms with Crippen LogP contribution in [0.4, 0.5) is 13.2 Å². The summed E-state index contributed by atoms with van der Waals surface area (Å²) < 4.78 is 44.3. The summed E-state index contributed by atoms with van der Waals surface area (Å²) in [6.07, 6.45) is 0.818. The summed E-state index contributed by atoms with van der Waals surface area (Å²) in [7, 11) is 0. The van der Waals surface area contributed by atoms with Gasteiger partial charge in [0.25, 0.3) is 0 Å². The molecule has 22 heavy (non-hydrogen) atoms. The van der Waals surface area contributed by atoms with Crippen molar-refractivity contribution in [3.05, 3.63) is 29.8 Å². The molecule has 1 aromatic rings. The number of halogens is 3. The molecule has 1 unspecified atom stereocenters. The first kappa shape index (κ1) is 18.5. The van der Waals surface area contributed by atoms with Crippen molar-refractivity contribution in [2.45, 2.75) is 51.6 Å². The fourth-order valence-corrected chi connectivity index (χ4v) is 2.24. The van der Waals surface area contributed by atoms with Crippen molar-refractivity contribution in [1.82, 2.24) is 0 Å². The van der Waals surface area contributed by atoms with Crippen LogP contribution in [-0.4, -0.2) is 19.1 Å². The van der Waals surface area contributed by atoms with Gasteiger partial charge in [-0.3, -0.25) is 4.79 Å². The number of hydrogen-bond acceptors (Lipinski definition) is 2. The highest BCUT2D eigenvalue weighted by Crippen LogP contribution is 2.31. The van der Waals surface area contributed by atoms with Gasteiger partial charge in [0.1, 0.15) is 5.75 Å². The molecule has 5 heteroatoms. The van der Waals surface area contributed by atoms with Crippen LogP contribution in [0.25, 0.3) is 0 Å². The summed E-state index contributed by atoms with van der Waals surface area (Å²) in [5, 5.41) is 0. The molecule has 0 aliphatic rings. The van der Waals surface area contributed by atoms with E-state index in [4.69, 9.17) is 4.74 Å². The lowest BCUT2D eigenvalue weighted by Crippen LogP contribution is -2.29. The van der Waals surface area contributed by atoms with Gasteiger partial charge in [0.15, 0.2) is 6.29 Å². The first-order valence-electron chi connectivity index (χ1n) is 7.72. The highest BCUT2D eigenvalue weighted by atomic mass is 19.4. The monoisotopic (exact) mass is 316 g/mol. The molecule has 0 saturated heterocycles. The lowest BCUT2D eigenvalue weighted by molar-refractivity contribution is -0.183. The standard InChI is InChI=1S/C17H23F3O2/c1-2-3-4-5-6-10-15(17(18,19)20)13-22-16-11-8-7-9-14(16)12-21/h7-9,11-12,15H,2-6,10,13H2,1H3. The minimum atomic E-state index is -4.28. The van der Waals surface area contributed by atoms with E-state index in [1.807, 2.05) is 0 Å². The highest BCUT2D eigenvalue weighted by molar-refractivity contribution is 5.79. The van der Waals surface area contributed by atoms with E-state index >= 15 is 0 Å². The Morgan fingerprint density at radius 3 is 2.45 bits per heavy atom. The molecule has 2 nitrogen and oxygen atoms in total. The smallest absolute Gasteiger partial charge is 0.395 e. The Labute approximate surface area is 129 Å². The van der Waals surface area contributed by atoms with E-state index in [0.29, 0.717) is 12.7 Å². The molecule has 0 bridgehead atoms. The predicted octanol–water partition coefficient (Wildman–Crippen LogP) is 5.42. The van der Waals surface area contributed by atoms with Crippen LogP contribution in [0.5, 0.6) is 5.75 Å². The van der Waals surface area contributed by atoms with Crippen LogP contribution in [0.15, 0.2) is 24.3 Å². The van der Waals surface area contributed by atoms with Gasteiger partial charge in [0, 0.05) is 0 Å². The van der Waals surface area contributed by atoms with Crippen molar-refractivity contribution in [3.63, 3.8) is 0 Å². The molecular formula is C17H23F3O2. The molecule has 124 valence electrons. The minimum absolute atomic E-state index is 0.0659. The van der Waals surface area contributed by atoms with Crippen LogP contribution in [-0.2, 0) is 0 Å². The molecule has 0 saturated carbocycles. The number of aldehydes is 1. The van der Waals surface area contributed by atoms with E-state index in [-0.39, 0.29) is 17.7 Å². The topological polar surface area (TPSA) is 26.3 Å². The minimum Gasteiger partial charge on any atom is -0.492 e. The van der Waals surface area contributed by atoms with Gasteiger partial charge in [-0.15, -0.1) is 0 Å². The highest BCUT2D eigenvalue weighted by Gasteiger charge is 2.39. The molecule has 1 aromatic carbocycles. The number of hydrogen-bond donors (Lipinski definition) is 0. The zero-order valence-corrected chi connectivity index (χ0v) is 12.9. The van der Waals surface area contributed by atoms with Crippen molar-refractivity contribution in [2.24, 2.45) is 5.92 Å². The van der Waals surface area contributed by atoms with Crippen molar-refractivity contribution < 1.29 is 22.7 Å². The summed E-state index contributed by atoms with van der Waals surface area (Å²) in [5.74, 6) is -1.29. The third kappa shape index (κ3) is 6.50. The molecule has 0 heterocycles. The van der Waals surface area contributed by atoms with Gasteiger partial charge in [-0.1, -0.05) is 51.2 Å². The maximum Gasteiger partial charge on any atom is 0.395 e. The molecule has 0 aromatic heterocycles. The van der Waals surface area contributed by atoms with Crippen LogP contribution >= 0.6 is 0 Å². The largest absolute Gasteiger partial charge is 0.492 e. The molecular weight excluding hydrogens is 293 g/mol. The van der Waals surface area contributed by atoms with E-state index in [0.717, 1.165) is 25.7 Å². The normalized spacial score (nSPS) is 12.9. The van der Waals surface area contributed by atoms with Crippen LogP contribution < -0.4 is 4.74 Å². The number of carbonyl (C=O) groups excluding carboxylic acids is 1. The Bertz CT molecular complexity index is 444. The Balaban J connectivity index is 2.53. The first-order valence-corrected chi connectivity index (χ1v) is 7.72. The fourth-order valence-electron chi connectivity index (χ4n) is 2.24. The van der Waals surface area contributed by atoms with Crippen molar-refractivity contribution in [1.29, 1.82) is 0 Å². The second-order valence-electron chi connectivity index (χ2n) is 5.41. The van der Waals surface area contributed by atoms with Crippen LogP contribution in [0.1, 0.15) is 55.8 Å². The summed E-state index contributed by atoms with van der Waals surface area (Å²) in [6, 6.07) is 6.31. The molecule has 1 rings (SSSR count). The zero-order valence-electron chi connectivity index (χ0n) is 12.9. The van der Waals surface area contributed by atoms with E-state index in [9.17, 15) is 18.0 Å². The van der Waals surface area contributed by atoms with Gasteiger partial charge in [0.05, 0.1) is 18.1 Å². The fraction of sp³-hybridized carbons (Fsp3) is 0.588. The van der Waals surface area contributed by atoms with E-state index in [1.165, 1.54) is 12.1 Å². The van der Waals surface area contributed by atoms with Crippen LogP contribution in [0, 0.1) is 5.92 Å². The Morgan fingerprint density at radius 1 is 1.14 bits per heavy atom. The lowest BCUT2D eigenvalue weighted by Gasteiger charge is -2.21. The summed E-state index contributed by atoms with van der Waals surface area (Å²) in [4.78, 5) is 10.8. The van der Waals surface area contributed by atoms with Crippen molar-refractivity contribution in [2.75, 3.05) is 6.61 Å². The van der Waals surface area contributed by atoms with E-state index in [1.54, 1.807) is 12.1 Å². The maximum absolute atomic E-state index is 13.0. The first-order chi connectivity index (χ1) is 10.5. The van der Waals surface area contributed by atoms with Crippen LogP contribution in [0.3, 0.4) is 0 Å². The van der Waals surface area contributed by atoms with Gasteiger partial charge >= 0.3 is 6.18 Å². The van der Waals surface area contributed by atoms with Crippen LogP contribution in [0.2, 0.25) is 0 Å². The number of benzene rings is 1. The van der Waals surface area contributed by atoms with E-state index in [2.05, 4.69) is 6.92 Å². The number of unbranched alkanes of at least 4 members (excludes halogenated alkanes) is 4. The number of ether oxygens (including phenoxy) is 1. The Morgan fingerprint density at radius 2 is 1.82 bits per heavy atom. The number of rotatable bonds is 10. The van der Waals surface area contributed by atoms with Gasteiger partial charge in [-0.25, -0.2) is 0 Å². The second-order valence-corrected chi connectivity index (χ2v) is 5.41. The third-order valence-corrected chi connectivity index (χ3v) is 3.61. The summed E-state index contributed by atoms with van der Waals surface area (Å²) in [6.45, 7) is 1.62. The Hall–Kier alpha value is -1.52. The number of alkyl halides is 3. The zero-order chi connectivity index (χ0) is 16.4. The SMILES string of the molecule is CCCCCCCC(COc1ccccc1C=O)C(F)(F)F. The second kappa shape index (κ2) is 9.49. The molecule has 0 radical (unpaired) electrons. The van der Waals surface area contributed by atoms with Gasteiger partial charge in [-0.2, -0.15) is 13.2 Å². The number of para-hydroxylation sites is 1. The van der Waals surface area contributed by atoms with Gasteiger partial charge < -0.3 is 4.74 Å². The lowest BCUT2D eigenvalue weighted by atomic mass is 10.0. The quantitative estimate of drug-likeness (QED) is 0.426. The van der Waals surface area contributed by atoms with Gasteiger partial charge in [0.2, 0.25) is 0 Å². The van der Waals surface area contributed by atoms with Gasteiger partial charge in [-0.05, 0) is 18.6 Å². The Kier molecular flexibility index (Phi) is 7.99. The predicted molar refractivity (Wildman–Crippen MR) is 80.2 cm³/mol. The number of carbonyl (C=O) groups is 1.